The van der Waals surface area contributed by atoms with Crippen LogP contribution in [0.3, 0.4) is 0 Å². The Hall–Kier alpha value is -1.51. The first-order valence-electron chi connectivity index (χ1n) is 6.80. The molecule has 3 heteroatoms. The summed E-state index contributed by atoms with van der Waals surface area (Å²) < 4.78 is 0. The van der Waals surface area contributed by atoms with Gasteiger partial charge in [0.15, 0.2) is 0 Å². The third kappa shape index (κ3) is 5.71. The Balaban J connectivity index is 2.15. The number of aryl methyl sites for hydroxylation is 1. The molecule has 0 unspecified atom stereocenters. The van der Waals surface area contributed by atoms with Crippen molar-refractivity contribution in [2.75, 3.05) is 6.54 Å². The van der Waals surface area contributed by atoms with E-state index in [4.69, 9.17) is 0 Å². The van der Waals surface area contributed by atoms with Crippen molar-refractivity contribution >= 4 is 6.03 Å². The molecule has 0 bridgehead atoms. The van der Waals surface area contributed by atoms with Gasteiger partial charge in [-0.3, -0.25) is 0 Å². The summed E-state index contributed by atoms with van der Waals surface area (Å²) in [7, 11) is 0. The van der Waals surface area contributed by atoms with Crippen molar-refractivity contribution in [3.05, 3.63) is 35.4 Å². The number of rotatable bonds is 7. The second-order valence-electron chi connectivity index (χ2n) is 4.60. The maximum absolute atomic E-state index is 11.5. The van der Waals surface area contributed by atoms with Crippen LogP contribution in [0.25, 0.3) is 0 Å². The highest BCUT2D eigenvalue weighted by atomic mass is 16.2. The Kier molecular flexibility index (Phi) is 6.92. The van der Waals surface area contributed by atoms with Crippen molar-refractivity contribution in [2.24, 2.45) is 0 Å². The molecule has 0 radical (unpaired) electrons. The highest BCUT2D eigenvalue weighted by molar-refractivity contribution is 5.73. The number of carbonyl (C=O) groups excluding carboxylic acids is 1. The van der Waals surface area contributed by atoms with Gasteiger partial charge in [0.2, 0.25) is 0 Å². The molecule has 1 aromatic carbocycles. The summed E-state index contributed by atoms with van der Waals surface area (Å²) in [5.41, 5.74) is 2.37. The molecule has 2 amide bonds. The van der Waals surface area contributed by atoms with Gasteiger partial charge < -0.3 is 10.6 Å². The fraction of sp³-hybridized carbons (Fsp3) is 0.533. The molecule has 0 saturated heterocycles. The van der Waals surface area contributed by atoms with Crippen LogP contribution in [0.15, 0.2) is 24.3 Å². The third-order valence-electron chi connectivity index (χ3n) is 3.02. The number of amides is 2. The van der Waals surface area contributed by atoms with Crippen LogP contribution in [0.2, 0.25) is 0 Å². The van der Waals surface area contributed by atoms with Crippen LogP contribution in [0.1, 0.15) is 43.7 Å². The largest absolute Gasteiger partial charge is 0.338 e. The van der Waals surface area contributed by atoms with Gasteiger partial charge >= 0.3 is 6.03 Å². The summed E-state index contributed by atoms with van der Waals surface area (Å²) in [5.74, 6) is 0. The standard InChI is InChI=1S/C15H24N2O/c1-3-4-5-8-11-16-15(18)17-12-14-10-7-6-9-13(14)2/h6-7,9-10H,3-5,8,11-12H2,1-2H3,(H2,16,17,18). The van der Waals surface area contributed by atoms with E-state index < -0.39 is 0 Å². The van der Waals surface area contributed by atoms with Gasteiger partial charge in [0.05, 0.1) is 0 Å². The van der Waals surface area contributed by atoms with Crippen molar-refractivity contribution in [1.29, 1.82) is 0 Å². The zero-order valence-electron chi connectivity index (χ0n) is 11.5. The SMILES string of the molecule is CCCCCCNC(=O)NCc1ccccc1C. The van der Waals surface area contributed by atoms with Crippen molar-refractivity contribution in [3.8, 4) is 0 Å². The summed E-state index contributed by atoms with van der Waals surface area (Å²) >= 11 is 0. The first-order valence-corrected chi connectivity index (χ1v) is 6.80. The van der Waals surface area contributed by atoms with Gasteiger partial charge in [0.25, 0.3) is 0 Å². The maximum atomic E-state index is 11.5. The minimum absolute atomic E-state index is 0.0743. The van der Waals surface area contributed by atoms with E-state index in [1.54, 1.807) is 0 Å². The normalized spacial score (nSPS) is 10.1. The number of urea groups is 1. The Morgan fingerprint density at radius 3 is 2.61 bits per heavy atom. The van der Waals surface area contributed by atoms with Gasteiger partial charge in [0, 0.05) is 13.1 Å². The van der Waals surface area contributed by atoms with E-state index >= 15 is 0 Å². The second kappa shape index (κ2) is 8.56. The van der Waals surface area contributed by atoms with E-state index in [0.717, 1.165) is 13.0 Å². The lowest BCUT2D eigenvalue weighted by Crippen LogP contribution is -2.35. The lowest BCUT2D eigenvalue weighted by Gasteiger charge is -2.09. The topological polar surface area (TPSA) is 41.1 Å². The fourth-order valence-electron chi connectivity index (χ4n) is 1.80. The summed E-state index contributed by atoms with van der Waals surface area (Å²) in [6.07, 6.45) is 4.71. The van der Waals surface area contributed by atoms with Crippen LogP contribution in [0.4, 0.5) is 4.79 Å². The number of nitrogens with one attached hydrogen (secondary N) is 2. The Morgan fingerprint density at radius 2 is 1.89 bits per heavy atom. The molecular weight excluding hydrogens is 224 g/mol. The second-order valence-corrected chi connectivity index (χ2v) is 4.60. The highest BCUT2D eigenvalue weighted by Gasteiger charge is 2.01. The Bertz CT molecular complexity index is 363. The van der Waals surface area contributed by atoms with Gasteiger partial charge in [-0.2, -0.15) is 0 Å². The Morgan fingerprint density at radius 1 is 1.11 bits per heavy atom. The zero-order valence-corrected chi connectivity index (χ0v) is 11.5. The van der Waals surface area contributed by atoms with Gasteiger partial charge in [0.1, 0.15) is 0 Å². The minimum Gasteiger partial charge on any atom is -0.338 e. The third-order valence-corrected chi connectivity index (χ3v) is 3.02. The molecule has 1 aromatic rings. The highest BCUT2D eigenvalue weighted by Crippen LogP contribution is 2.05. The van der Waals surface area contributed by atoms with Gasteiger partial charge in [-0.1, -0.05) is 50.5 Å². The lowest BCUT2D eigenvalue weighted by atomic mass is 10.1. The number of hydrogen-bond acceptors (Lipinski definition) is 1. The van der Waals surface area contributed by atoms with Crippen LogP contribution >= 0.6 is 0 Å². The van der Waals surface area contributed by atoms with E-state index in [2.05, 4.69) is 30.5 Å². The van der Waals surface area contributed by atoms with Crippen molar-refractivity contribution in [3.63, 3.8) is 0 Å². The molecule has 0 fully saturated rings. The molecule has 0 spiro atoms. The molecule has 0 aliphatic heterocycles. The van der Waals surface area contributed by atoms with Crippen LogP contribution < -0.4 is 10.6 Å². The Labute approximate surface area is 110 Å². The van der Waals surface area contributed by atoms with E-state index in [1.807, 2.05) is 18.2 Å². The van der Waals surface area contributed by atoms with Gasteiger partial charge in [-0.05, 0) is 24.5 Å². The van der Waals surface area contributed by atoms with Crippen LogP contribution in [-0.4, -0.2) is 12.6 Å². The zero-order chi connectivity index (χ0) is 13.2. The van der Waals surface area contributed by atoms with E-state index in [-0.39, 0.29) is 6.03 Å². The van der Waals surface area contributed by atoms with Crippen LogP contribution in [0.5, 0.6) is 0 Å². The first kappa shape index (κ1) is 14.6. The molecule has 0 aromatic heterocycles. The van der Waals surface area contributed by atoms with Crippen LogP contribution in [-0.2, 0) is 6.54 Å². The average Bonchev–Trinajstić information content (AvgIpc) is 2.37. The lowest BCUT2D eigenvalue weighted by molar-refractivity contribution is 0.240. The molecule has 18 heavy (non-hydrogen) atoms. The minimum atomic E-state index is -0.0743. The smallest absolute Gasteiger partial charge is 0.315 e. The molecule has 0 saturated carbocycles. The number of benzene rings is 1. The van der Waals surface area contributed by atoms with E-state index in [1.165, 1.54) is 30.4 Å². The quantitative estimate of drug-likeness (QED) is 0.714. The summed E-state index contributed by atoms with van der Waals surface area (Å²) in [4.78, 5) is 11.5. The van der Waals surface area contributed by atoms with Crippen molar-refractivity contribution < 1.29 is 4.79 Å². The fourth-order valence-corrected chi connectivity index (χ4v) is 1.80. The molecule has 100 valence electrons. The molecule has 1 rings (SSSR count). The summed E-state index contributed by atoms with van der Waals surface area (Å²) in [6, 6.07) is 8.02. The first-order chi connectivity index (χ1) is 8.74. The molecule has 0 aliphatic rings. The summed E-state index contributed by atoms with van der Waals surface area (Å²) in [5, 5.41) is 5.76. The van der Waals surface area contributed by atoms with Crippen molar-refractivity contribution in [1.82, 2.24) is 10.6 Å². The van der Waals surface area contributed by atoms with E-state index in [0.29, 0.717) is 6.54 Å². The molecule has 0 atom stereocenters. The molecule has 0 heterocycles. The van der Waals surface area contributed by atoms with Crippen LogP contribution in [0, 0.1) is 6.92 Å². The maximum Gasteiger partial charge on any atom is 0.315 e. The molecular formula is C15H24N2O. The van der Waals surface area contributed by atoms with Gasteiger partial charge in [-0.25, -0.2) is 4.79 Å². The monoisotopic (exact) mass is 248 g/mol. The van der Waals surface area contributed by atoms with Crippen molar-refractivity contribution in [2.45, 2.75) is 46.1 Å². The number of unbranched alkanes of at least 4 members (excludes halogenated alkanes) is 3. The molecule has 0 aliphatic carbocycles. The summed E-state index contributed by atoms with van der Waals surface area (Å²) in [6.45, 7) is 5.59. The predicted molar refractivity (Wildman–Crippen MR) is 75.6 cm³/mol. The molecule has 2 N–H and O–H groups in total. The number of hydrogen-bond donors (Lipinski definition) is 2. The van der Waals surface area contributed by atoms with Gasteiger partial charge in [-0.15, -0.1) is 0 Å². The number of carbonyl (C=O) groups is 1. The molecule has 3 nitrogen and oxygen atoms in total. The average molecular weight is 248 g/mol. The van der Waals surface area contributed by atoms with E-state index in [9.17, 15) is 4.79 Å². The predicted octanol–water partition coefficient (Wildman–Crippen LogP) is 3.37.